The highest BCUT2D eigenvalue weighted by Gasteiger charge is 2.45. The van der Waals surface area contributed by atoms with Crippen LogP contribution in [-0.4, -0.2) is 16.1 Å². The fraction of sp³-hybridized carbons (Fsp3) is 0.250. The molecular weight excluding hydrogens is 392 g/mol. The third-order valence-corrected chi connectivity index (χ3v) is 4.67. The zero-order valence-electron chi connectivity index (χ0n) is 14.8. The molecule has 3 aromatic rings. The van der Waals surface area contributed by atoms with Gasteiger partial charge in [0.05, 0.1) is 11.5 Å². The highest BCUT2D eigenvalue weighted by Crippen LogP contribution is 2.48. The molecule has 150 valence electrons. The van der Waals surface area contributed by atoms with Crippen LogP contribution < -0.4 is 0 Å². The zero-order valence-corrected chi connectivity index (χ0v) is 14.8. The van der Waals surface area contributed by atoms with Gasteiger partial charge in [0.1, 0.15) is 5.82 Å². The monoisotopic (exact) mass is 406 g/mol. The normalized spacial score (nSPS) is 18.5. The van der Waals surface area contributed by atoms with E-state index in [0.29, 0.717) is 12.0 Å². The summed E-state index contributed by atoms with van der Waals surface area (Å²) in [5.74, 6) is -0.943. The summed E-state index contributed by atoms with van der Waals surface area (Å²) in [5, 5.41) is 3.69. The van der Waals surface area contributed by atoms with Gasteiger partial charge in [0, 0.05) is 5.56 Å². The molecular formula is C20H14F4N2O3. The molecule has 1 fully saturated rings. The molecule has 0 radical (unpaired) electrons. The fourth-order valence-corrected chi connectivity index (χ4v) is 3.01. The Balaban J connectivity index is 1.33. The topological polar surface area (TPSA) is 65.2 Å². The standard InChI is InChI=1S/C20H14F4N2O3/c21-14-7-3-11(4-8-14)15-9-16(15)19(27)28-10-17-25-18(26-29-17)12-1-5-13(6-2-12)20(22,23)24/h1-8,15-16H,9-10H2. The van der Waals surface area contributed by atoms with E-state index in [1.54, 1.807) is 12.1 Å². The molecule has 9 heteroatoms. The lowest BCUT2D eigenvalue weighted by molar-refractivity contribution is -0.147. The van der Waals surface area contributed by atoms with Gasteiger partial charge in [0.25, 0.3) is 5.89 Å². The Morgan fingerprint density at radius 1 is 1.10 bits per heavy atom. The van der Waals surface area contributed by atoms with E-state index in [9.17, 15) is 22.4 Å². The molecule has 5 nitrogen and oxygen atoms in total. The number of hydrogen-bond acceptors (Lipinski definition) is 5. The molecule has 4 rings (SSSR count). The maximum Gasteiger partial charge on any atom is 0.416 e. The van der Waals surface area contributed by atoms with E-state index in [4.69, 9.17) is 9.26 Å². The molecule has 1 heterocycles. The number of halogens is 4. The van der Waals surface area contributed by atoms with Gasteiger partial charge < -0.3 is 9.26 Å². The van der Waals surface area contributed by atoms with Gasteiger partial charge in [-0.1, -0.05) is 29.4 Å². The van der Waals surface area contributed by atoms with Crippen molar-refractivity contribution in [3.05, 3.63) is 71.4 Å². The van der Waals surface area contributed by atoms with Crippen LogP contribution in [-0.2, 0) is 22.3 Å². The summed E-state index contributed by atoms with van der Waals surface area (Å²) in [6.07, 6.45) is -3.81. The molecule has 0 amide bonds. The lowest BCUT2D eigenvalue weighted by Crippen LogP contribution is -2.08. The molecule has 0 saturated heterocycles. The summed E-state index contributed by atoms with van der Waals surface area (Å²) in [7, 11) is 0. The number of ether oxygens (including phenoxy) is 1. The lowest BCUT2D eigenvalue weighted by Gasteiger charge is -2.05. The molecule has 1 aliphatic carbocycles. The number of alkyl halides is 3. The number of carbonyl (C=O) groups is 1. The summed E-state index contributed by atoms with van der Waals surface area (Å²) in [6.45, 7) is -0.237. The quantitative estimate of drug-likeness (QED) is 0.452. The van der Waals surface area contributed by atoms with Gasteiger partial charge in [-0.2, -0.15) is 18.2 Å². The zero-order chi connectivity index (χ0) is 20.6. The average molecular weight is 406 g/mol. The van der Waals surface area contributed by atoms with Crippen LogP contribution in [0.5, 0.6) is 0 Å². The SMILES string of the molecule is O=C(OCc1nc(-c2ccc(C(F)(F)F)cc2)no1)C1CC1c1ccc(F)cc1. The lowest BCUT2D eigenvalue weighted by atomic mass is 10.1. The van der Waals surface area contributed by atoms with Crippen molar-refractivity contribution in [2.45, 2.75) is 25.1 Å². The fourth-order valence-electron chi connectivity index (χ4n) is 3.01. The van der Waals surface area contributed by atoms with Crippen molar-refractivity contribution >= 4 is 5.97 Å². The molecule has 0 aliphatic heterocycles. The Labute approximate surface area is 162 Å². The molecule has 1 saturated carbocycles. The van der Waals surface area contributed by atoms with Crippen LogP contribution in [0, 0.1) is 11.7 Å². The van der Waals surface area contributed by atoms with E-state index in [2.05, 4.69) is 10.1 Å². The number of benzene rings is 2. The predicted octanol–water partition coefficient (Wildman–Crippen LogP) is 4.74. The molecule has 2 atom stereocenters. The Bertz CT molecular complexity index is 1010. The number of hydrogen-bond donors (Lipinski definition) is 0. The third kappa shape index (κ3) is 4.28. The van der Waals surface area contributed by atoms with E-state index in [-0.39, 0.29) is 36.0 Å². The van der Waals surface area contributed by atoms with Crippen molar-refractivity contribution in [1.29, 1.82) is 0 Å². The number of aromatic nitrogens is 2. The van der Waals surface area contributed by atoms with Gasteiger partial charge in [-0.3, -0.25) is 4.79 Å². The van der Waals surface area contributed by atoms with Crippen LogP contribution in [0.1, 0.15) is 29.4 Å². The van der Waals surface area contributed by atoms with Crippen LogP contribution in [0.25, 0.3) is 11.4 Å². The molecule has 0 N–H and O–H groups in total. The third-order valence-electron chi connectivity index (χ3n) is 4.67. The van der Waals surface area contributed by atoms with Crippen molar-refractivity contribution in [2.24, 2.45) is 5.92 Å². The smallest absolute Gasteiger partial charge is 0.416 e. The van der Waals surface area contributed by atoms with E-state index in [0.717, 1.165) is 17.7 Å². The Morgan fingerprint density at radius 3 is 2.45 bits per heavy atom. The number of nitrogens with zero attached hydrogens (tertiary/aromatic N) is 2. The van der Waals surface area contributed by atoms with Crippen molar-refractivity contribution < 1.29 is 31.6 Å². The minimum absolute atomic E-state index is 0.00602. The van der Waals surface area contributed by atoms with Crippen LogP contribution in [0.15, 0.2) is 53.1 Å². The first-order chi connectivity index (χ1) is 13.8. The van der Waals surface area contributed by atoms with E-state index in [1.165, 1.54) is 24.3 Å². The number of esters is 1. The molecule has 2 aromatic carbocycles. The molecule has 1 aliphatic rings. The van der Waals surface area contributed by atoms with Crippen LogP contribution >= 0.6 is 0 Å². The maximum atomic E-state index is 13.0. The molecule has 0 spiro atoms. The summed E-state index contributed by atoms with van der Waals surface area (Å²) in [5.41, 5.74) is 0.438. The molecule has 0 bridgehead atoms. The van der Waals surface area contributed by atoms with E-state index in [1.807, 2.05) is 0 Å². The first kappa shape index (κ1) is 19.1. The average Bonchev–Trinajstić information content (AvgIpc) is 3.36. The van der Waals surface area contributed by atoms with Crippen LogP contribution in [0.3, 0.4) is 0 Å². The highest BCUT2D eigenvalue weighted by atomic mass is 19.4. The highest BCUT2D eigenvalue weighted by molar-refractivity contribution is 5.77. The van der Waals surface area contributed by atoms with Crippen LogP contribution in [0.4, 0.5) is 17.6 Å². The van der Waals surface area contributed by atoms with Crippen molar-refractivity contribution in [2.75, 3.05) is 0 Å². The van der Waals surface area contributed by atoms with Crippen molar-refractivity contribution in [3.63, 3.8) is 0 Å². The van der Waals surface area contributed by atoms with Crippen molar-refractivity contribution in [3.8, 4) is 11.4 Å². The Hall–Kier alpha value is -3.23. The van der Waals surface area contributed by atoms with Gasteiger partial charge in [0.2, 0.25) is 5.82 Å². The van der Waals surface area contributed by atoms with E-state index < -0.39 is 17.7 Å². The van der Waals surface area contributed by atoms with E-state index >= 15 is 0 Å². The van der Waals surface area contributed by atoms with Gasteiger partial charge in [-0.25, -0.2) is 4.39 Å². The Morgan fingerprint density at radius 2 is 1.79 bits per heavy atom. The summed E-state index contributed by atoms with van der Waals surface area (Å²) in [4.78, 5) is 16.2. The van der Waals surface area contributed by atoms with Crippen molar-refractivity contribution in [1.82, 2.24) is 10.1 Å². The minimum atomic E-state index is -4.43. The first-order valence-electron chi connectivity index (χ1n) is 8.73. The second kappa shape index (κ2) is 7.31. The molecule has 29 heavy (non-hydrogen) atoms. The maximum absolute atomic E-state index is 13.0. The summed E-state index contributed by atoms with van der Waals surface area (Å²) in [6, 6.07) is 10.3. The van der Waals surface area contributed by atoms with Gasteiger partial charge in [0.15, 0.2) is 6.61 Å². The summed E-state index contributed by atoms with van der Waals surface area (Å²) < 4.78 is 61.0. The van der Waals surface area contributed by atoms with Gasteiger partial charge in [-0.05, 0) is 42.2 Å². The Kier molecular flexibility index (Phi) is 4.81. The van der Waals surface area contributed by atoms with Crippen LogP contribution in [0.2, 0.25) is 0 Å². The molecule has 1 aromatic heterocycles. The predicted molar refractivity (Wildman–Crippen MR) is 91.8 cm³/mol. The number of carbonyl (C=O) groups excluding carboxylic acids is 1. The molecule has 2 unspecified atom stereocenters. The number of rotatable bonds is 5. The minimum Gasteiger partial charge on any atom is -0.455 e. The van der Waals surface area contributed by atoms with Gasteiger partial charge in [-0.15, -0.1) is 0 Å². The largest absolute Gasteiger partial charge is 0.455 e. The second-order valence-corrected chi connectivity index (χ2v) is 6.69. The van der Waals surface area contributed by atoms with Gasteiger partial charge >= 0.3 is 12.1 Å². The summed E-state index contributed by atoms with van der Waals surface area (Å²) >= 11 is 0. The second-order valence-electron chi connectivity index (χ2n) is 6.69. The first-order valence-corrected chi connectivity index (χ1v) is 8.73.